The molecule has 0 aliphatic carbocycles. The van der Waals surface area contributed by atoms with Crippen LogP contribution in [0.2, 0.25) is 0 Å². The Morgan fingerprint density at radius 3 is 2.55 bits per heavy atom. The smallest absolute Gasteiger partial charge is 0.257 e. The maximum absolute atomic E-state index is 12.0. The van der Waals surface area contributed by atoms with E-state index in [4.69, 9.17) is 4.74 Å². The van der Waals surface area contributed by atoms with Gasteiger partial charge in [0.2, 0.25) is 0 Å². The lowest BCUT2D eigenvalue weighted by Crippen LogP contribution is -2.11. The molecule has 1 aromatic heterocycles. The Kier molecular flexibility index (Phi) is 4.47. The van der Waals surface area contributed by atoms with Gasteiger partial charge in [0.25, 0.3) is 5.91 Å². The van der Waals surface area contributed by atoms with Crippen molar-refractivity contribution in [1.82, 2.24) is 4.98 Å². The van der Waals surface area contributed by atoms with Gasteiger partial charge in [0, 0.05) is 12.5 Å². The second kappa shape index (κ2) is 6.29. The topological polar surface area (TPSA) is 68.3 Å². The molecule has 0 radical (unpaired) electrons. The second-order valence-corrected chi connectivity index (χ2v) is 5.03. The van der Waals surface area contributed by atoms with Crippen LogP contribution in [0.5, 0.6) is 5.75 Å². The van der Waals surface area contributed by atoms with Crippen molar-refractivity contribution in [2.24, 2.45) is 0 Å². The number of hydrogen-bond acceptors (Lipinski definition) is 5. The third kappa shape index (κ3) is 3.42. The highest BCUT2D eigenvalue weighted by Crippen LogP contribution is 2.20. The SMILES string of the molecule is CCOc1ccc(C(=O)Nc2ncc(C(C)=O)s2)cc1. The lowest BCUT2D eigenvalue weighted by molar-refractivity contribution is 0.101. The number of carbonyl (C=O) groups excluding carboxylic acids is 2. The van der Waals surface area contributed by atoms with E-state index in [-0.39, 0.29) is 11.7 Å². The molecule has 2 rings (SSSR count). The number of ketones is 1. The van der Waals surface area contributed by atoms with E-state index in [1.54, 1.807) is 24.3 Å². The van der Waals surface area contributed by atoms with Gasteiger partial charge in [0.1, 0.15) is 5.75 Å². The second-order valence-electron chi connectivity index (χ2n) is 4.00. The van der Waals surface area contributed by atoms with Crippen molar-refractivity contribution in [3.8, 4) is 5.75 Å². The summed E-state index contributed by atoms with van der Waals surface area (Å²) in [5.41, 5.74) is 0.507. The molecule has 1 aromatic carbocycles. The van der Waals surface area contributed by atoms with E-state index in [9.17, 15) is 9.59 Å². The Morgan fingerprint density at radius 2 is 2.00 bits per heavy atom. The summed E-state index contributed by atoms with van der Waals surface area (Å²) >= 11 is 1.16. The molecule has 0 saturated carbocycles. The van der Waals surface area contributed by atoms with E-state index in [1.807, 2.05) is 6.92 Å². The highest BCUT2D eigenvalue weighted by molar-refractivity contribution is 7.17. The van der Waals surface area contributed by atoms with Crippen molar-refractivity contribution in [2.45, 2.75) is 13.8 Å². The minimum Gasteiger partial charge on any atom is -0.494 e. The number of nitrogens with one attached hydrogen (secondary N) is 1. The molecule has 0 atom stereocenters. The van der Waals surface area contributed by atoms with Crippen molar-refractivity contribution < 1.29 is 14.3 Å². The molecular formula is C14H14N2O3S. The summed E-state index contributed by atoms with van der Waals surface area (Å²) in [6, 6.07) is 6.84. The molecule has 104 valence electrons. The molecule has 1 amide bonds. The molecule has 1 N–H and O–H groups in total. The Hall–Kier alpha value is -2.21. The Balaban J connectivity index is 2.05. The number of anilines is 1. The van der Waals surface area contributed by atoms with Gasteiger partial charge in [-0.3, -0.25) is 14.9 Å². The molecule has 0 fully saturated rings. The summed E-state index contributed by atoms with van der Waals surface area (Å²) in [5.74, 6) is 0.388. The predicted octanol–water partition coefficient (Wildman–Crippen LogP) is 3.00. The van der Waals surface area contributed by atoms with Crippen LogP contribution in [0.15, 0.2) is 30.5 Å². The Bertz CT molecular complexity index is 620. The van der Waals surface area contributed by atoms with E-state index < -0.39 is 0 Å². The summed E-state index contributed by atoms with van der Waals surface area (Å²) in [5, 5.41) is 3.07. The van der Waals surface area contributed by atoms with Gasteiger partial charge in [0.15, 0.2) is 10.9 Å². The maximum Gasteiger partial charge on any atom is 0.257 e. The monoisotopic (exact) mass is 290 g/mol. The van der Waals surface area contributed by atoms with E-state index >= 15 is 0 Å². The zero-order valence-electron chi connectivity index (χ0n) is 11.2. The quantitative estimate of drug-likeness (QED) is 0.859. The minimum atomic E-state index is -0.266. The van der Waals surface area contributed by atoms with Gasteiger partial charge in [0.05, 0.1) is 17.7 Å². The van der Waals surface area contributed by atoms with E-state index in [0.717, 1.165) is 17.1 Å². The first-order chi connectivity index (χ1) is 9.60. The summed E-state index contributed by atoms with van der Waals surface area (Å²) in [7, 11) is 0. The van der Waals surface area contributed by atoms with E-state index in [2.05, 4.69) is 10.3 Å². The summed E-state index contributed by atoms with van der Waals surface area (Å²) in [6.45, 7) is 3.94. The molecular weight excluding hydrogens is 276 g/mol. The molecule has 20 heavy (non-hydrogen) atoms. The van der Waals surface area contributed by atoms with Gasteiger partial charge in [-0.2, -0.15) is 0 Å². The van der Waals surface area contributed by atoms with Crippen LogP contribution in [-0.2, 0) is 0 Å². The largest absolute Gasteiger partial charge is 0.494 e. The zero-order valence-corrected chi connectivity index (χ0v) is 12.0. The van der Waals surface area contributed by atoms with Crippen LogP contribution in [0.25, 0.3) is 0 Å². The summed E-state index contributed by atoms with van der Waals surface area (Å²) in [4.78, 5) is 27.7. The van der Waals surface area contributed by atoms with Gasteiger partial charge in [-0.05, 0) is 31.2 Å². The average molecular weight is 290 g/mol. The van der Waals surface area contributed by atoms with Gasteiger partial charge < -0.3 is 4.74 Å². The molecule has 0 spiro atoms. The lowest BCUT2D eigenvalue weighted by Gasteiger charge is -2.04. The number of carbonyl (C=O) groups is 2. The molecule has 1 heterocycles. The first kappa shape index (κ1) is 14.2. The molecule has 5 nitrogen and oxygen atoms in total. The number of nitrogens with zero attached hydrogens (tertiary/aromatic N) is 1. The normalized spacial score (nSPS) is 10.1. The number of hydrogen-bond donors (Lipinski definition) is 1. The molecule has 0 bridgehead atoms. The van der Waals surface area contributed by atoms with Gasteiger partial charge in [-0.1, -0.05) is 11.3 Å². The lowest BCUT2D eigenvalue weighted by atomic mass is 10.2. The van der Waals surface area contributed by atoms with Crippen LogP contribution >= 0.6 is 11.3 Å². The molecule has 0 unspecified atom stereocenters. The Labute approximate surface area is 120 Å². The van der Waals surface area contributed by atoms with Crippen molar-refractivity contribution in [3.63, 3.8) is 0 Å². The summed E-state index contributed by atoms with van der Waals surface area (Å²) in [6.07, 6.45) is 1.46. The number of benzene rings is 1. The van der Waals surface area contributed by atoms with Crippen molar-refractivity contribution in [3.05, 3.63) is 40.9 Å². The van der Waals surface area contributed by atoms with Crippen LogP contribution < -0.4 is 10.1 Å². The van der Waals surface area contributed by atoms with E-state index in [0.29, 0.717) is 22.2 Å². The van der Waals surface area contributed by atoms with Gasteiger partial charge >= 0.3 is 0 Å². The average Bonchev–Trinajstić information content (AvgIpc) is 2.88. The number of ether oxygens (including phenoxy) is 1. The fourth-order valence-electron chi connectivity index (χ4n) is 1.53. The third-order valence-corrected chi connectivity index (χ3v) is 3.51. The molecule has 0 aliphatic rings. The van der Waals surface area contributed by atoms with Crippen LogP contribution in [0.3, 0.4) is 0 Å². The van der Waals surface area contributed by atoms with Crippen molar-refractivity contribution in [2.75, 3.05) is 11.9 Å². The highest BCUT2D eigenvalue weighted by atomic mass is 32.1. The molecule has 0 aliphatic heterocycles. The number of thiazole rings is 1. The maximum atomic E-state index is 12.0. The standard InChI is InChI=1S/C14H14N2O3S/c1-3-19-11-6-4-10(5-7-11)13(18)16-14-15-8-12(20-14)9(2)17/h4-8H,3H2,1-2H3,(H,15,16,18). The van der Waals surface area contributed by atoms with Gasteiger partial charge in [-0.25, -0.2) is 4.98 Å². The zero-order chi connectivity index (χ0) is 14.5. The minimum absolute atomic E-state index is 0.0657. The first-order valence-electron chi connectivity index (χ1n) is 6.11. The number of aromatic nitrogens is 1. The van der Waals surface area contributed by atoms with Crippen molar-refractivity contribution >= 4 is 28.2 Å². The van der Waals surface area contributed by atoms with Crippen LogP contribution in [0.4, 0.5) is 5.13 Å². The van der Waals surface area contributed by atoms with Crippen LogP contribution in [0.1, 0.15) is 33.9 Å². The molecule has 6 heteroatoms. The predicted molar refractivity (Wildman–Crippen MR) is 77.7 cm³/mol. The van der Waals surface area contributed by atoms with Gasteiger partial charge in [-0.15, -0.1) is 0 Å². The van der Waals surface area contributed by atoms with Crippen molar-refractivity contribution in [1.29, 1.82) is 0 Å². The number of amides is 1. The third-order valence-electron chi connectivity index (χ3n) is 2.50. The fourth-order valence-corrected chi connectivity index (χ4v) is 2.24. The molecule has 2 aromatic rings. The summed E-state index contributed by atoms with van der Waals surface area (Å²) < 4.78 is 5.31. The Morgan fingerprint density at radius 1 is 1.30 bits per heavy atom. The number of Topliss-reactive ketones (excluding diaryl/α,β-unsaturated/α-hetero) is 1. The van der Waals surface area contributed by atoms with Crippen LogP contribution in [-0.4, -0.2) is 23.3 Å². The molecule has 0 saturated heterocycles. The fraction of sp³-hybridized carbons (Fsp3) is 0.214. The first-order valence-corrected chi connectivity index (χ1v) is 6.92. The van der Waals surface area contributed by atoms with E-state index in [1.165, 1.54) is 13.1 Å². The van der Waals surface area contributed by atoms with Crippen LogP contribution in [0, 0.1) is 0 Å². The number of rotatable bonds is 5. The highest BCUT2D eigenvalue weighted by Gasteiger charge is 2.10.